The monoisotopic (exact) mass is 237 g/mol. The predicted molar refractivity (Wildman–Crippen MR) is 70.1 cm³/mol. The van der Waals surface area contributed by atoms with E-state index in [2.05, 4.69) is 12.2 Å². The van der Waals surface area contributed by atoms with Gasteiger partial charge in [-0.15, -0.1) is 0 Å². The molecule has 2 saturated carbocycles. The minimum absolute atomic E-state index is 0.550. The number of ether oxygens (including phenoxy) is 1. The van der Waals surface area contributed by atoms with Crippen LogP contribution in [0.3, 0.4) is 0 Å². The molecule has 0 aromatic heterocycles. The molecule has 2 unspecified atom stereocenters. The zero-order valence-electron chi connectivity index (χ0n) is 11.2. The van der Waals surface area contributed by atoms with Gasteiger partial charge in [-0.3, -0.25) is 0 Å². The van der Waals surface area contributed by atoms with Crippen molar-refractivity contribution in [1.29, 1.82) is 0 Å². The van der Waals surface area contributed by atoms with E-state index in [0.717, 1.165) is 18.6 Å². The van der Waals surface area contributed by atoms with Crippen molar-refractivity contribution in [3.05, 3.63) is 0 Å². The van der Waals surface area contributed by atoms with E-state index < -0.39 is 0 Å². The molecule has 3 fully saturated rings. The molecule has 2 aliphatic carbocycles. The van der Waals surface area contributed by atoms with Crippen LogP contribution < -0.4 is 5.32 Å². The topological polar surface area (TPSA) is 21.3 Å². The Hall–Kier alpha value is -0.0800. The molecule has 3 rings (SSSR count). The highest BCUT2D eigenvalue weighted by atomic mass is 16.5. The molecule has 0 bridgehead atoms. The van der Waals surface area contributed by atoms with Crippen LogP contribution in [-0.2, 0) is 4.74 Å². The maximum Gasteiger partial charge on any atom is 0.0576 e. The summed E-state index contributed by atoms with van der Waals surface area (Å²) in [4.78, 5) is 0. The second-order valence-corrected chi connectivity index (χ2v) is 6.76. The molecule has 2 atom stereocenters. The average Bonchev–Trinajstić information content (AvgIpc) is 3.23. The highest BCUT2D eigenvalue weighted by Crippen LogP contribution is 2.48. The van der Waals surface area contributed by atoms with E-state index in [1.807, 2.05) is 0 Å². The van der Waals surface area contributed by atoms with Gasteiger partial charge in [-0.05, 0) is 62.7 Å². The van der Waals surface area contributed by atoms with Crippen LogP contribution in [0.5, 0.6) is 0 Å². The Balaban J connectivity index is 1.46. The van der Waals surface area contributed by atoms with Gasteiger partial charge in [0.2, 0.25) is 0 Å². The summed E-state index contributed by atoms with van der Waals surface area (Å²) in [6.45, 7) is 4.76. The Bertz CT molecular complexity index is 254. The second kappa shape index (κ2) is 4.89. The molecule has 1 heterocycles. The van der Waals surface area contributed by atoms with Crippen molar-refractivity contribution >= 4 is 0 Å². The molecule has 1 saturated heterocycles. The van der Waals surface area contributed by atoms with Crippen molar-refractivity contribution in [3.8, 4) is 0 Å². The van der Waals surface area contributed by atoms with Crippen molar-refractivity contribution in [2.24, 2.45) is 11.3 Å². The summed E-state index contributed by atoms with van der Waals surface area (Å²) in [6.07, 6.45) is 11.6. The van der Waals surface area contributed by atoms with E-state index in [4.69, 9.17) is 4.74 Å². The third-order valence-corrected chi connectivity index (χ3v) is 5.00. The zero-order valence-corrected chi connectivity index (χ0v) is 11.2. The van der Waals surface area contributed by atoms with Crippen LogP contribution in [0.1, 0.15) is 58.3 Å². The van der Waals surface area contributed by atoms with Gasteiger partial charge < -0.3 is 10.1 Å². The average molecular weight is 237 g/mol. The van der Waals surface area contributed by atoms with E-state index in [1.54, 1.807) is 0 Å². The third-order valence-electron chi connectivity index (χ3n) is 5.00. The van der Waals surface area contributed by atoms with Crippen LogP contribution in [0.4, 0.5) is 0 Å². The SMILES string of the molecule is CC(CCC1CCCO1)(CNC1CC1)C1CC1. The summed E-state index contributed by atoms with van der Waals surface area (Å²) in [5, 5.41) is 3.75. The number of hydrogen-bond acceptors (Lipinski definition) is 2. The fourth-order valence-corrected chi connectivity index (χ4v) is 3.24. The van der Waals surface area contributed by atoms with E-state index in [1.165, 1.54) is 57.9 Å². The number of rotatable bonds is 7. The van der Waals surface area contributed by atoms with E-state index >= 15 is 0 Å². The second-order valence-electron chi connectivity index (χ2n) is 6.76. The molecule has 17 heavy (non-hydrogen) atoms. The largest absolute Gasteiger partial charge is 0.378 e. The number of nitrogens with one attached hydrogen (secondary N) is 1. The van der Waals surface area contributed by atoms with Gasteiger partial charge in [0.25, 0.3) is 0 Å². The molecule has 0 aromatic rings. The molecule has 0 aromatic carbocycles. The molecule has 1 N–H and O–H groups in total. The molecule has 3 aliphatic rings. The van der Waals surface area contributed by atoms with Crippen LogP contribution in [0.2, 0.25) is 0 Å². The first-order valence-electron chi connectivity index (χ1n) is 7.61. The van der Waals surface area contributed by atoms with Crippen LogP contribution in [0, 0.1) is 11.3 Å². The first-order valence-corrected chi connectivity index (χ1v) is 7.61. The summed E-state index contributed by atoms with van der Waals surface area (Å²) in [5.74, 6) is 0.996. The van der Waals surface area contributed by atoms with E-state index in [9.17, 15) is 0 Å². The minimum Gasteiger partial charge on any atom is -0.378 e. The Morgan fingerprint density at radius 3 is 2.59 bits per heavy atom. The van der Waals surface area contributed by atoms with Gasteiger partial charge in [-0.2, -0.15) is 0 Å². The summed E-state index contributed by atoms with van der Waals surface area (Å²) >= 11 is 0. The van der Waals surface area contributed by atoms with Gasteiger partial charge in [0, 0.05) is 19.2 Å². The minimum atomic E-state index is 0.550. The zero-order chi connectivity index (χ0) is 11.7. The first kappa shape index (κ1) is 12.0. The Morgan fingerprint density at radius 1 is 1.18 bits per heavy atom. The maximum atomic E-state index is 5.77. The highest BCUT2D eigenvalue weighted by Gasteiger charge is 2.42. The van der Waals surface area contributed by atoms with Crippen LogP contribution in [0.25, 0.3) is 0 Å². The predicted octanol–water partition coefficient (Wildman–Crippen LogP) is 3.11. The highest BCUT2D eigenvalue weighted by molar-refractivity contribution is 4.95. The van der Waals surface area contributed by atoms with Gasteiger partial charge in [0.15, 0.2) is 0 Å². The van der Waals surface area contributed by atoms with Crippen LogP contribution in [0.15, 0.2) is 0 Å². The summed E-state index contributed by atoms with van der Waals surface area (Å²) in [7, 11) is 0. The van der Waals surface area contributed by atoms with Crippen molar-refractivity contribution < 1.29 is 4.74 Å². The Kier molecular flexibility index (Phi) is 3.45. The molecule has 2 nitrogen and oxygen atoms in total. The lowest BCUT2D eigenvalue weighted by atomic mass is 9.79. The quantitative estimate of drug-likeness (QED) is 0.734. The fraction of sp³-hybridized carbons (Fsp3) is 1.00. The van der Waals surface area contributed by atoms with E-state index in [0.29, 0.717) is 11.5 Å². The van der Waals surface area contributed by atoms with Gasteiger partial charge >= 0.3 is 0 Å². The third kappa shape index (κ3) is 3.23. The van der Waals surface area contributed by atoms with Gasteiger partial charge in [-0.25, -0.2) is 0 Å². The normalized spacial score (nSPS) is 32.6. The molecule has 0 amide bonds. The van der Waals surface area contributed by atoms with E-state index in [-0.39, 0.29) is 0 Å². The summed E-state index contributed by atoms with van der Waals surface area (Å²) < 4.78 is 5.77. The molecule has 0 radical (unpaired) electrons. The lowest BCUT2D eigenvalue weighted by Crippen LogP contribution is -2.35. The lowest BCUT2D eigenvalue weighted by Gasteiger charge is -2.31. The summed E-state index contributed by atoms with van der Waals surface area (Å²) in [5.41, 5.74) is 0.550. The van der Waals surface area contributed by atoms with Crippen LogP contribution in [-0.4, -0.2) is 25.3 Å². The van der Waals surface area contributed by atoms with Crippen molar-refractivity contribution in [2.45, 2.75) is 70.4 Å². The molecular weight excluding hydrogens is 210 g/mol. The summed E-state index contributed by atoms with van der Waals surface area (Å²) in [6, 6.07) is 0.857. The molecule has 2 heteroatoms. The van der Waals surface area contributed by atoms with Crippen LogP contribution >= 0.6 is 0 Å². The molecule has 98 valence electrons. The van der Waals surface area contributed by atoms with Crippen molar-refractivity contribution in [3.63, 3.8) is 0 Å². The maximum absolute atomic E-state index is 5.77. The van der Waals surface area contributed by atoms with Crippen molar-refractivity contribution in [1.82, 2.24) is 5.32 Å². The Labute approximate surface area is 105 Å². The van der Waals surface area contributed by atoms with Gasteiger partial charge in [-0.1, -0.05) is 6.92 Å². The standard InChI is InChI=1S/C15H27NO/c1-15(12-4-5-12,11-16-13-6-7-13)9-8-14-3-2-10-17-14/h12-14,16H,2-11H2,1H3. The van der Waals surface area contributed by atoms with Gasteiger partial charge in [0.1, 0.15) is 0 Å². The first-order chi connectivity index (χ1) is 8.26. The fourth-order valence-electron chi connectivity index (χ4n) is 3.24. The molecular formula is C15H27NO. The number of hydrogen-bond donors (Lipinski definition) is 1. The lowest BCUT2D eigenvalue weighted by molar-refractivity contribution is 0.0853. The van der Waals surface area contributed by atoms with Gasteiger partial charge in [0.05, 0.1) is 6.10 Å². The molecule has 1 aliphatic heterocycles. The molecule has 0 spiro atoms. The smallest absolute Gasteiger partial charge is 0.0576 e. The van der Waals surface area contributed by atoms with Crippen molar-refractivity contribution in [2.75, 3.05) is 13.2 Å². The Morgan fingerprint density at radius 2 is 2.00 bits per heavy atom.